The lowest BCUT2D eigenvalue weighted by Gasteiger charge is -2.49. The second kappa shape index (κ2) is 8.04. The van der Waals surface area contributed by atoms with Gasteiger partial charge in [0, 0.05) is 31.6 Å². The molecule has 0 spiro atoms. The molecule has 1 aliphatic carbocycles. The fourth-order valence-corrected chi connectivity index (χ4v) is 4.37. The largest absolute Gasteiger partial charge is 0.487 e. The zero-order valence-corrected chi connectivity index (χ0v) is 16.3. The highest BCUT2D eigenvalue weighted by Gasteiger charge is 2.48. The molecule has 3 rings (SSSR count). The Hall–Kier alpha value is -1.83. The first kappa shape index (κ1) is 19.9. The molecule has 0 radical (unpaired) electrons. The molecule has 1 aliphatic heterocycles. The maximum atomic E-state index is 11.6. The van der Waals surface area contributed by atoms with Crippen molar-refractivity contribution < 1.29 is 33.6 Å². The Morgan fingerprint density at radius 3 is 2.63 bits per heavy atom. The van der Waals surface area contributed by atoms with Crippen molar-refractivity contribution in [2.45, 2.75) is 50.7 Å². The van der Waals surface area contributed by atoms with E-state index in [1.54, 1.807) is 19.2 Å². The van der Waals surface area contributed by atoms with Gasteiger partial charge in [-0.05, 0) is 45.2 Å². The molecule has 0 bridgehead atoms. The first-order valence-corrected chi connectivity index (χ1v) is 9.20. The summed E-state index contributed by atoms with van der Waals surface area (Å²) in [7, 11) is 3.15. The van der Waals surface area contributed by atoms with Crippen LogP contribution in [-0.4, -0.2) is 50.6 Å². The highest BCUT2D eigenvalue weighted by atomic mass is 16.7. The summed E-state index contributed by atoms with van der Waals surface area (Å²) >= 11 is 0. The van der Waals surface area contributed by atoms with E-state index in [1.807, 2.05) is 0 Å². The topological polar surface area (TPSA) is 83.5 Å². The van der Waals surface area contributed by atoms with Crippen LogP contribution in [0.1, 0.15) is 54.9 Å². The van der Waals surface area contributed by atoms with Gasteiger partial charge in [0.2, 0.25) is 0 Å². The van der Waals surface area contributed by atoms with Crippen molar-refractivity contribution in [3.05, 3.63) is 23.3 Å². The molecule has 2 aliphatic rings. The van der Waals surface area contributed by atoms with Crippen molar-refractivity contribution >= 4 is 5.97 Å². The molecular weight excluding hydrogens is 352 g/mol. The Balaban J connectivity index is 2.02. The van der Waals surface area contributed by atoms with E-state index in [-0.39, 0.29) is 37.1 Å². The highest BCUT2D eigenvalue weighted by Crippen LogP contribution is 2.55. The lowest BCUT2D eigenvalue weighted by molar-refractivity contribution is -0.105. The SMILES string of the molecule is COCOc1cc(C(=O)O)cc2c1[C@@H]1C[C@H](OCOC)CC[C@H]1C(C)(C)O2. The number of aromatic carboxylic acids is 1. The molecule has 0 unspecified atom stereocenters. The van der Waals surface area contributed by atoms with Gasteiger partial charge in [-0.15, -0.1) is 0 Å². The van der Waals surface area contributed by atoms with E-state index in [1.165, 1.54) is 7.11 Å². The molecule has 1 aromatic carbocycles. The van der Waals surface area contributed by atoms with E-state index >= 15 is 0 Å². The second-order valence-electron chi connectivity index (χ2n) is 7.67. The standard InChI is InChI=1S/C20H28O7/c1-20(2)15-6-5-13(25-10-23-3)9-14(15)18-16(26-11-24-4)7-12(19(21)22)8-17(18)27-20/h7-8,13-15H,5-6,9-11H2,1-4H3,(H,21,22)/t13-,14-,15-/m1/s1. The summed E-state index contributed by atoms with van der Waals surface area (Å²) < 4.78 is 27.9. The van der Waals surface area contributed by atoms with E-state index < -0.39 is 11.6 Å². The first-order valence-electron chi connectivity index (χ1n) is 9.20. The molecule has 1 aromatic rings. The summed E-state index contributed by atoms with van der Waals surface area (Å²) in [6.45, 7) is 4.43. The summed E-state index contributed by atoms with van der Waals surface area (Å²) in [5, 5.41) is 9.46. The summed E-state index contributed by atoms with van der Waals surface area (Å²) in [6, 6.07) is 3.15. The van der Waals surface area contributed by atoms with Crippen molar-refractivity contribution in [3.63, 3.8) is 0 Å². The molecule has 1 saturated carbocycles. The zero-order chi connectivity index (χ0) is 19.6. The molecule has 1 fully saturated rings. The minimum atomic E-state index is -1.02. The summed E-state index contributed by atoms with van der Waals surface area (Å²) in [5.41, 5.74) is 0.642. The van der Waals surface area contributed by atoms with Gasteiger partial charge >= 0.3 is 5.97 Å². The Morgan fingerprint density at radius 2 is 1.96 bits per heavy atom. The quantitative estimate of drug-likeness (QED) is 0.726. The Labute approximate surface area is 159 Å². The van der Waals surface area contributed by atoms with Gasteiger partial charge in [-0.2, -0.15) is 0 Å². The van der Waals surface area contributed by atoms with Crippen molar-refractivity contribution in [2.75, 3.05) is 27.8 Å². The van der Waals surface area contributed by atoms with Crippen molar-refractivity contribution in [1.29, 1.82) is 0 Å². The fourth-order valence-electron chi connectivity index (χ4n) is 4.37. The summed E-state index contributed by atoms with van der Waals surface area (Å²) in [6.07, 6.45) is 2.79. The molecule has 7 heteroatoms. The van der Waals surface area contributed by atoms with Crippen molar-refractivity contribution in [3.8, 4) is 11.5 Å². The molecule has 0 aromatic heterocycles. The van der Waals surface area contributed by atoms with E-state index in [2.05, 4.69) is 13.8 Å². The van der Waals surface area contributed by atoms with Crippen LogP contribution in [0.5, 0.6) is 11.5 Å². The molecule has 7 nitrogen and oxygen atoms in total. The maximum absolute atomic E-state index is 11.6. The average Bonchev–Trinajstić information content (AvgIpc) is 2.63. The van der Waals surface area contributed by atoms with Crippen LogP contribution in [0.2, 0.25) is 0 Å². The third kappa shape index (κ3) is 4.05. The summed E-state index contributed by atoms with van der Waals surface area (Å²) in [5.74, 6) is 0.486. The number of carbonyl (C=O) groups is 1. The number of methoxy groups -OCH3 is 2. The van der Waals surface area contributed by atoms with E-state index in [4.69, 9.17) is 23.7 Å². The third-order valence-corrected chi connectivity index (χ3v) is 5.54. The fraction of sp³-hybridized carbons (Fsp3) is 0.650. The lowest BCUT2D eigenvalue weighted by atomic mass is 9.66. The Kier molecular flexibility index (Phi) is 5.93. The van der Waals surface area contributed by atoms with Gasteiger partial charge < -0.3 is 28.8 Å². The molecule has 0 amide bonds. The van der Waals surface area contributed by atoms with Crippen LogP contribution in [0.25, 0.3) is 0 Å². The van der Waals surface area contributed by atoms with Crippen molar-refractivity contribution in [2.24, 2.45) is 5.92 Å². The van der Waals surface area contributed by atoms with Gasteiger partial charge in [-0.25, -0.2) is 4.79 Å². The van der Waals surface area contributed by atoms with Crippen LogP contribution in [-0.2, 0) is 14.2 Å². The minimum Gasteiger partial charge on any atom is -0.487 e. The number of carboxylic acid groups (broad SMARTS) is 1. The normalized spacial score (nSPS) is 25.9. The smallest absolute Gasteiger partial charge is 0.335 e. The second-order valence-corrected chi connectivity index (χ2v) is 7.67. The lowest BCUT2D eigenvalue weighted by Crippen LogP contribution is -2.48. The van der Waals surface area contributed by atoms with Gasteiger partial charge in [0.15, 0.2) is 6.79 Å². The average molecular weight is 380 g/mol. The molecule has 1 heterocycles. The van der Waals surface area contributed by atoms with Gasteiger partial charge in [0.05, 0.1) is 11.7 Å². The van der Waals surface area contributed by atoms with Gasteiger partial charge in [0.25, 0.3) is 0 Å². The monoisotopic (exact) mass is 380 g/mol. The van der Waals surface area contributed by atoms with Crippen LogP contribution in [0.15, 0.2) is 12.1 Å². The Bertz CT molecular complexity index is 685. The molecule has 150 valence electrons. The van der Waals surface area contributed by atoms with Crippen LogP contribution in [0.3, 0.4) is 0 Å². The molecule has 27 heavy (non-hydrogen) atoms. The molecular formula is C20H28O7. The number of benzene rings is 1. The number of hydrogen-bond donors (Lipinski definition) is 1. The summed E-state index contributed by atoms with van der Waals surface area (Å²) in [4.78, 5) is 11.6. The van der Waals surface area contributed by atoms with E-state index in [9.17, 15) is 9.90 Å². The van der Waals surface area contributed by atoms with Crippen LogP contribution < -0.4 is 9.47 Å². The first-order chi connectivity index (χ1) is 12.9. The maximum Gasteiger partial charge on any atom is 0.335 e. The van der Waals surface area contributed by atoms with Crippen LogP contribution >= 0.6 is 0 Å². The third-order valence-electron chi connectivity index (χ3n) is 5.54. The minimum absolute atomic E-state index is 0.0416. The number of carboxylic acids is 1. The van der Waals surface area contributed by atoms with E-state index in [0.29, 0.717) is 11.5 Å². The zero-order valence-electron chi connectivity index (χ0n) is 16.3. The van der Waals surface area contributed by atoms with E-state index in [0.717, 1.165) is 24.8 Å². The molecule has 3 atom stereocenters. The number of ether oxygens (including phenoxy) is 5. The highest BCUT2D eigenvalue weighted by molar-refractivity contribution is 5.89. The van der Waals surface area contributed by atoms with Gasteiger partial charge in [-0.3, -0.25) is 0 Å². The molecule has 0 saturated heterocycles. The van der Waals surface area contributed by atoms with Crippen LogP contribution in [0, 0.1) is 5.92 Å². The number of fused-ring (bicyclic) bond motifs is 3. The van der Waals surface area contributed by atoms with Crippen molar-refractivity contribution in [1.82, 2.24) is 0 Å². The number of rotatable bonds is 7. The van der Waals surface area contributed by atoms with Crippen LogP contribution in [0.4, 0.5) is 0 Å². The number of hydrogen-bond acceptors (Lipinski definition) is 6. The van der Waals surface area contributed by atoms with Gasteiger partial charge in [0.1, 0.15) is 23.9 Å². The predicted molar refractivity (Wildman–Crippen MR) is 97.4 cm³/mol. The predicted octanol–water partition coefficient (Wildman–Crippen LogP) is 3.41. The molecule has 1 N–H and O–H groups in total. The van der Waals surface area contributed by atoms with Gasteiger partial charge in [-0.1, -0.05) is 0 Å². The Morgan fingerprint density at radius 1 is 1.22 bits per heavy atom.